The lowest BCUT2D eigenvalue weighted by atomic mass is 10.2. The molecule has 0 aliphatic carbocycles. The number of hydrogen-bond acceptors (Lipinski definition) is 4. The number of ether oxygens (including phenoxy) is 1. The Bertz CT molecular complexity index is 698. The smallest absolute Gasteiger partial charge is 0.287 e. The lowest BCUT2D eigenvalue weighted by molar-refractivity contribution is 0.414. The number of nitrogens with one attached hydrogen (secondary N) is 1. The monoisotopic (exact) mass is 305 g/mol. The summed E-state index contributed by atoms with van der Waals surface area (Å²) in [6, 6.07) is 7.63. The summed E-state index contributed by atoms with van der Waals surface area (Å²) in [7, 11) is 1.62. The van der Waals surface area contributed by atoms with Crippen LogP contribution >= 0.6 is 11.6 Å². The van der Waals surface area contributed by atoms with E-state index in [1.54, 1.807) is 13.2 Å². The topological polar surface area (TPSA) is 56.1 Å². The Morgan fingerprint density at radius 2 is 2.33 bits per heavy atom. The molecule has 0 saturated heterocycles. The van der Waals surface area contributed by atoms with Crippen molar-refractivity contribution in [3.05, 3.63) is 64.1 Å². The molecule has 1 aromatic heterocycles. The lowest BCUT2D eigenvalue weighted by Gasteiger charge is -2.10. The molecule has 0 fully saturated rings. The standard InChI is InChI=1S/C15H16ClN3O2/c1-3-7-19-15(20)14(16)13(10-18-19)17-9-11-5-4-6-12(8-11)21-2/h3-6,8,10,17H,1,7,9H2,2H3. The minimum absolute atomic E-state index is 0.120. The van der Waals surface area contributed by atoms with E-state index in [2.05, 4.69) is 17.0 Å². The minimum atomic E-state index is -0.341. The summed E-state index contributed by atoms with van der Waals surface area (Å²) in [6.07, 6.45) is 3.13. The number of benzene rings is 1. The summed E-state index contributed by atoms with van der Waals surface area (Å²) >= 11 is 6.06. The highest BCUT2D eigenvalue weighted by atomic mass is 35.5. The van der Waals surface area contributed by atoms with E-state index in [9.17, 15) is 4.79 Å². The van der Waals surface area contributed by atoms with Gasteiger partial charge in [0.05, 0.1) is 25.5 Å². The van der Waals surface area contributed by atoms with Gasteiger partial charge in [-0.05, 0) is 17.7 Å². The predicted molar refractivity (Wildman–Crippen MR) is 84.0 cm³/mol. The molecule has 0 atom stereocenters. The van der Waals surface area contributed by atoms with Crippen LogP contribution in [-0.4, -0.2) is 16.9 Å². The molecule has 5 nitrogen and oxygen atoms in total. The number of methoxy groups -OCH3 is 1. The number of hydrogen-bond donors (Lipinski definition) is 1. The first-order valence-electron chi connectivity index (χ1n) is 6.39. The molecule has 1 N–H and O–H groups in total. The zero-order valence-electron chi connectivity index (χ0n) is 11.7. The van der Waals surface area contributed by atoms with Crippen molar-refractivity contribution >= 4 is 17.3 Å². The van der Waals surface area contributed by atoms with Gasteiger partial charge in [0.25, 0.3) is 5.56 Å². The largest absolute Gasteiger partial charge is 0.497 e. The van der Waals surface area contributed by atoms with Gasteiger partial charge in [0.1, 0.15) is 10.8 Å². The van der Waals surface area contributed by atoms with Crippen molar-refractivity contribution in [3.63, 3.8) is 0 Å². The van der Waals surface area contributed by atoms with Crippen LogP contribution in [0.25, 0.3) is 0 Å². The summed E-state index contributed by atoms with van der Waals surface area (Å²) in [4.78, 5) is 12.0. The third-order valence-electron chi connectivity index (χ3n) is 2.90. The number of rotatable bonds is 6. The van der Waals surface area contributed by atoms with Gasteiger partial charge in [-0.1, -0.05) is 29.8 Å². The van der Waals surface area contributed by atoms with Crippen molar-refractivity contribution < 1.29 is 4.74 Å². The summed E-state index contributed by atoms with van der Waals surface area (Å²) in [5.74, 6) is 0.778. The fourth-order valence-corrected chi connectivity index (χ4v) is 2.03. The first-order valence-corrected chi connectivity index (χ1v) is 6.77. The SMILES string of the molecule is C=CCn1ncc(NCc2cccc(OC)c2)c(Cl)c1=O. The molecule has 1 heterocycles. The van der Waals surface area contributed by atoms with Crippen LogP contribution in [-0.2, 0) is 13.1 Å². The molecule has 6 heteroatoms. The molecule has 2 rings (SSSR count). The van der Waals surface area contributed by atoms with Gasteiger partial charge < -0.3 is 10.1 Å². The zero-order chi connectivity index (χ0) is 15.2. The molecule has 0 amide bonds. The van der Waals surface area contributed by atoms with Crippen molar-refractivity contribution in [2.45, 2.75) is 13.1 Å². The maximum atomic E-state index is 12.0. The van der Waals surface area contributed by atoms with E-state index in [4.69, 9.17) is 16.3 Å². The van der Waals surface area contributed by atoms with E-state index in [1.807, 2.05) is 24.3 Å². The fourth-order valence-electron chi connectivity index (χ4n) is 1.82. The number of aromatic nitrogens is 2. The Morgan fingerprint density at radius 1 is 1.52 bits per heavy atom. The Labute approximate surface area is 127 Å². The van der Waals surface area contributed by atoms with E-state index in [0.29, 0.717) is 18.8 Å². The van der Waals surface area contributed by atoms with Crippen LogP contribution in [0.4, 0.5) is 5.69 Å². The number of nitrogens with zero attached hydrogens (tertiary/aromatic N) is 2. The average Bonchev–Trinajstić information content (AvgIpc) is 2.51. The van der Waals surface area contributed by atoms with Gasteiger partial charge in [-0.3, -0.25) is 4.79 Å². The van der Waals surface area contributed by atoms with Crippen LogP contribution in [0, 0.1) is 0 Å². The van der Waals surface area contributed by atoms with Crippen molar-refractivity contribution in [3.8, 4) is 5.75 Å². The molecule has 0 unspecified atom stereocenters. The molecular weight excluding hydrogens is 290 g/mol. The van der Waals surface area contributed by atoms with Crippen LogP contribution in [0.1, 0.15) is 5.56 Å². The third-order valence-corrected chi connectivity index (χ3v) is 3.27. The molecule has 0 saturated carbocycles. The lowest BCUT2D eigenvalue weighted by Crippen LogP contribution is -2.23. The molecule has 0 aliphatic rings. The van der Waals surface area contributed by atoms with Gasteiger partial charge in [0.15, 0.2) is 0 Å². The molecule has 0 spiro atoms. The average molecular weight is 306 g/mol. The molecule has 0 radical (unpaired) electrons. The zero-order valence-corrected chi connectivity index (χ0v) is 12.4. The van der Waals surface area contributed by atoms with Crippen LogP contribution in [0.5, 0.6) is 5.75 Å². The third kappa shape index (κ3) is 3.64. The van der Waals surface area contributed by atoms with Crippen LogP contribution in [0.2, 0.25) is 5.02 Å². The highest BCUT2D eigenvalue weighted by molar-refractivity contribution is 6.32. The van der Waals surface area contributed by atoms with Gasteiger partial charge in [-0.25, -0.2) is 4.68 Å². The minimum Gasteiger partial charge on any atom is -0.497 e. The molecular formula is C15H16ClN3O2. The summed E-state index contributed by atoms with van der Waals surface area (Å²) in [5.41, 5.74) is 1.18. The van der Waals surface area contributed by atoms with E-state index in [-0.39, 0.29) is 10.6 Å². The number of allylic oxidation sites excluding steroid dienone is 1. The second kappa shape index (κ2) is 6.95. The van der Waals surface area contributed by atoms with Crippen LogP contribution in [0.3, 0.4) is 0 Å². The highest BCUT2D eigenvalue weighted by Gasteiger charge is 2.08. The Kier molecular flexibility index (Phi) is 5.00. The van der Waals surface area contributed by atoms with Crippen molar-refractivity contribution in [1.29, 1.82) is 0 Å². The maximum Gasteiger partial charge on any atom is 0.287 e. The summed E-state index contributed by atoms with van der Waals surface area (Å²) in [5, 5.41) is 7.26. The molecule has 110 valence electrons. The van der Waals surface area contributed by atoms with Crippen LogP contribution < -0.4 is 15.6 Å². The van der Waals surface area contributed by atoms with Crippen molar-refractivity contribution in [2.75, 3.05) is 12.4 Å². The number of anilines is 1. The van der Waals surface area contributed by atoms with E-state index >= 15 is 0 Å². The first-order chi connectivity index (χ1) is 10.2. The van der Waals surface area contributed by atoms with E-state index in [1.165, 1.54) is 10.9 Å². The highest BCUT2D eigenvalue weighted by Crippen LogP contribution is 2.18. The fraction of sp³-hybridized carbons (Fsp3) is 0.200. The van der Waals surface area contributed by atoms with Crippen molar-refractivity contribution in [2.24, 2.45) is 0 Å². The second-order valence-electron chi connectivity index (χ2n) is 4.35. The second-order valence-corrected chi connectivity index (χ2v) is 4.73. The molecule has 1 aromatic carbocycles. The Hall–Kier alpha value is -2.27. The maximum absolute atomic E-state index is 12.0. The Balaban J connectivity index is 2.14. The summed E-state index contributed by atoms with van der Waals surface area (Å²) < 4.78 is 6.42. The van der Waals surface area contributed by atoms with Crippen molar-refractivity contribution in [1.82, 2.24) is 9.78 Å². The van der Waals surface area contributed by atoms with E-state index < -0.39 is 0 Å². The van der Waals surface area contributed by atoms with Crippen LogP contribution in [0.15, 0.2) is 47.9 Å². The van der Waals surface area contributed by atoms with Gasteiger partial charge in [-0.2, -0.15) is 5.10 Å². The molecule has 21 heavy (non-hydrogen) atoms. The number of halogens is 1. The molecule has 2 aromatic rings. The Morgan fingerprint density at radius 3 is 3.05 bits per heavy atom. The first kappa shape index (κ1) is 15.1. The predicted octanol–water partition coefficient (Wildman–Crippen LogP) is 2.70. The van der Waals surface area contributed by atoms with Gasteiger partial charge >= 0.3 is 0 Å². The quantitative estimate of drug-likeness (QED) is 0.834. The van der Waals surface area contributed by atoms with Gasteiger partial charge in [0.2, 0.25) is 0 Å². The van der Waals surface area contributed by atoms with E-state index in [0.717, 1.165) is 11.3 Å². The normalized spacial score (nSPS) is 10.2. The summed E-state index contributed by atoms with van der Waals surface area (Å²) in [6.45, 7) is 4.42. The molecule has 0 aliphatic heterocycles. The molecule has 0 bridgehead atoms. The van der Waals surface area contributed by atoms with Gasteiger partial charge in [-0.15, -0.1) is 6.58 Å². The van der Waals surface area contributed by atoms with Gasteiger partial charge in [0, 0.05) is 6.54 Å².